The van der Waals surface area contributed by atoms with Gasteiger partial charge in [0.2, 0.25) is 11.8 Å². The van der Waals surface area contributed by atoms with Crippen LogP contribution in [0.3, 0.4) is 0 Å². The molecule has 2 rings (SSSR count). The number of nitrogens with one attached hydrogen (secondary N) is 3. The van der Waals surface area contributed by atoms with E-state index in [2.05, 4.69) is 16.0 Å². The first-order valence-electron chi connectivity index (χ1n) is 7.55. The number of hydrogen-bond donors (Lipinski definition) is 3. The Balaban J connectivity index is 2.06. The highest BCUT2D eigenvalue weighted by Crippen LogP contribution is 2.23. The average Bonchev–Trinajstić information content (AvgIpc) is 2.54. The van der Waals surface area contributed by atoms with E-state index in [1.54, 1.807) is 37.3 Å². The fourth-order valence-corrected chi connectivity index (χ4v) is 2.19. The number of nitro benzene ring substituents is 1. The van der Waals surface area contributed by atoms with Gasteiger partial charge in [0.15, 0.2) is 0 Å². The topological polar surface area (TPSA) is 113 Å². The standard InChI is InChI=1S/C17H18N4O4/c1-11(18-13-6-5-7-14(10-13)19-12(2)22)17(23)20-15-8-3-4-9-16(15)21(24)25/h3-11,18H,1-2H3,(H,19,22)(H,20,23)/t11-/m1/s1. The summed E-state index contributed by atoms with van der Waals surface area (Å²) in [7, 11) is 0. The van der Waals surface area contributed by atoms with Crippen molar-refractivity contribution in [2.75, 3.05) is 16.0 Å². The Morgan fingerprint density at radius 2 is 1.72 bits per heavy atom. The number of anilines is 3. The molecule has 0 aliphatic heterocycles. The summed E-state index contributed by atoms with van der Waals surface area (Å²) in [5.41, 5.74) is 1.20. The SMILES string of the molecule is CC(=O)Nc1cccc(N[C@H](C)C(=O)Nc2ccccc2[N+](=O)[O-])c1. The van der Waals surface area contributed by atoms with E-state index in [1.807, 2.05) is 0 Å². The van der Waals surface area contributed by atoms with E-state index in [4.69, 9.17) is 0 Å². The van der Waals surface area contributed by atoms with Gasteiger partial charge in [0.25, 0.3) is 5.69 Å². The lowest BCUT2D eigenvalue weighted by atomic mass is 10.2. The van der Waals surface area contributed by atoms with E-state index in [1.165, 1.54) is 25.1 Å². The summed E-state index contributed by atoms with van der Waals surface area (Å²) >= 11 is 0. The molecule has 1 atom stereocenters. The molecule has 2 aromatic rings. The lowest BCUT2D eigenvalue weighted by Crippen LogP contribution is -2.32. The van der Waals surface area contributed by atoms with Gasteiger partial charge in [-0.1, -0.05) is 18.2 Å². The summed E-state index contributed by atoms with van der Waals surface area (Å²) in [4.78, 5) is 33.8. The average molecular weight is 342 g/mol. The summed E-state index contributed by atoms with van der Waals surface area (Å²) in [6, 6.07) is 12.2. The van der Waals surface area contributed by atoms with Crippen molar-refractivity contribution in [3.63, 3.8) is 0 Å². The van der Waals surface area contributed by atoms with Gasteiger partial charge in [0, 0.05) is 24.4 Å². The summed E-state index contributed by atoms with van der Waals surface area (Å²) < 4.78 is 0. The Morgan fingerprint density at radius 3 is 2.40 bits per heavy atom. The number of nitrogens with zero attached hydrogens (tertiary/aromatic N) is 1. The van der Waals surface area contributed by atoms with Crippen molar-refractivity contribution in [2.45, 2.75) is 19.9 Å². The monoisotopic (exact) mass is 342 g/mol. The molecule has 130 valence electrons. The zero-order valence-electron chi connectivity index (χ0n) is 13.8. The van der Waals surface area contributed by atoms with Crippen LogP contribution in [0.25, 0.3) is 0 Å². The predicted molar refractivity (Wildman–Crippen MR) is 95.6 cm³/mol. The third-order valence-corrected chi connectivity index (χ3v) is 3.32. The van der Waals surface area contributed by atoms with Crippen molar-refractivity contribution < 1.29 is 14.5 Å². The number of carbonyl (C=O) groups is 2. The van der Waals surface area contributed by atoms with Crippen LogP contribution in [0.2, 0.25) is 0 Å². The van der Waals surface area contributed by atoms with Crippen molar-refractivity contribution in [3.8, 4) is 0 Å². The molecule has 0 unspecified atom stereocenters. The second kappa shape index (κ2) is 7.91. The molecular formula is C17H18N4O4. The van der Waals surface area contributed by atoms with E-state index in [-0.39, 0.29) is 17.3 Å². The van der Waals surface area contributed by atoms with E-state index in [9.17, 15) is 19.7 Å². The predicted octanol–water partition coefficient (Wildman–Crippen LogP) is 2.99. The zero-order chi connectivity index (χ0) is 18.4. The number of carbonyl (C=O) groups excluding carboxylic acids is 2. The van der Waals surface area contributed by atoms with Crippen molar-refractivity contribution in [1.29, 1.82) is 0 Å². The summed E-state index contributed by atoms with van der Waals surface area (Å²) in [5.74, 6) is -0.612. The number of nitro groups is 1. The second-order valence-electron chi connectivity index (χ2n) is 5.39. The number of rotatable bonds is 6. The van der Waals surface area contributed by atoms with Crippen LogP contribution in [0.5, 0.6) is 0 Å². The largest absolute Gasteiger partial charge is 0.374 e. The van der Waals surface area contributed by atoms with Gasteiger partial charge in [-0.05, 0) is 31.2 Å². The molecule has 0 saturated heterocycles. The van der Waals surface area contributed by atoms with E-state index >= 15 is 0 Å². The highest BCUT2D eigenvalue weighted by Gasteiger charge is 2.18. The third kappa shape index (κ3) is 5.03. The number of para-hydroxylation sites is 2. The molecule has 8 heteroatoms. The third-order valence-electron chi connectivity index (χ3n) is 3.32. The minimum absolute atomic E-state index is 0.137. The quantitative estimate of drug-likeness (QED) is 0.552. The highest BCUT2D eigenvalue weighted by molar-refractivity contribution is 5.98. The van der Waals surface area contributed by atoms with Crippen LogP contribution >= 0.6 is 0 Å². The maximum Gasteiger partial charge on any atom is 0.292 e. The van der Waals surface area contributed by atoms with Crippen LogP contribution in [0.1, 0.15) is 13.8 Å². The van der Waals surface area contributed by atoms with Gasteiger partial charge < -0.3 is 16.0 Å². The fourth-order valence-electron chi connectivity index (χ4n) is 2.19. The first-order chi connectivity index (χ1) is 11.9. The molecule has 2 amide bonds. The molecule has 2 aromatic carbocycles. The summed E-state index contributed by atoms with van der Waals surface area (Å²) in [5, 5.41) is 19.2. The van der Waals surface area contributed by atoms with Gasteiger partial charge in [0.1, 0.15) is 11.7 Å². The fraction of sp³-hybridized carbons (Fsp3) is 0.176. The first kappa shape index (κ1) is 17.9. The van der Waals surface area contributed by atoms with Crippen LogP contribution in [-0.4, -0.2) is 22.8 Å². The van der Waals surface area contributed by atoms with Gasteiger partial charge in [-0.25, -0.2) is 0 Å². The normalized spacial score (nSPS) is 11.3. The van der Waals surface area contributed by atoms with Gasteiger partial charge in [-0.15, -0.1) is 0 Å². The van der Waals surface area contributed by atoms with Gasteiger partial charge in [0.05, 0.1) is 4.92 Å². The molecule has 0 fully saturated rings. The molecule has 0 spiro atoms. The molecule has 0 saturated carbocycles. The molecular weight excluding hydrogens is 324 g/mol. The summed E-state index contributed by atoms with van der Waals surface area (Å²) in [6.07, 6.45) is 0. The number of amides is 2. The van der Waals surface area contributed by atoms with Crippen molar-refractivity contribution in [1.82, 2.24) is 0 Å². The summed E-state index contributed by atoms with van der Waals surface area (Å²) in [6.45, 7) is 3.04. The Bertz CT molecular complexity index is 807. The van der Waals surface area contributed by atoms with Crippen LogP contribution in [0.4, 0.5) is 22.7 Å². The molecule has 8 nitrogen and oxygen atoms in total. The minimum atomic E-state index is -0.646. The van der Waals surface area contributed by atoms with E-state index in [0.717, 1.165) is 0 Å². The Labute approximate surface area is 144 Å². The molecule has 0 aliphatic rings. The van der Waals surface area contributed by atoms with Gasteiger partial charge in [-0.2, -0.15) is 0 Å². The van der Waals surface area contributed by atoms with Gasteiger partial charge >= 0.3 is 0 Å². The Hall–Kier alpha value is -3.42. The number of benzene rings is 2. The van der Waals surface area contributed by atoms with Crippen LogP contribution in [-0.2, 0) is 9.59 Å². The number of hydrogen-bond acceptors (Lipinski definition) is 5. The van der Waals surface area contributed by atoms with Crippen LogP contribution in [0.15, 0.2) is 48.5 Å². The maximum absolute atomic E-state index is 12.3. The molecule has 0 aromatic heterocycles. The lowest BCUT2D eigenvalue weighted by Gasteiger charge is -2.16. The molecule has 25 heavy (non-hydrogen) atoms. The first-order valence-corrected chi connectivity index (χ1v) is 7.55. The van der Waals surface area contributed by atoms with Crippen molar-refractivity contribution in [3.05, 3.63) is 58.6 Å². The zero-order valence-corrected chi connectivity index (χ0v) is 13.8. The molecule has 0 radical (unpaired) electrons. The second-order valence-corrected chi connectivity index (χ2v) is 5.39. The maximum atomic E-state index is 12.3. The highest BCUT2D eigenvalue weighted by atomic mass is 16.6. The smallest absolute Gasteiger partial charge is 0.292 e. The Kier molecular flexibility index (Phi) is 5.67. The molecule has 0 heterocycles. The molecule has 0 aliphatic carbocycles. The van der Waals surface area contributed by atoms with Crippen LogP contribution < -0.4 is 16.0 Å². The van der Waals surface area contributed by atoms with Crippen molar-refractivity contribution >= 4 is 34.6 Å². The Morgan fingerprint density at radius 1 is 1.04 bits per heavy atom. The van der Waals surface area contributed by atoms with E-state index in [0.29, 0.717) is 11.4 Å². The lowest BCUT2D eigenvalue weighted by molar-refractivity contribution is -0.383. The van der Waals surface area contributed by atoms with E-state index < -0.39 is 16.9 Å². The molecule has 0 bridgehead atoms. The van der Waals surface area contributed by atoms with Crippen molar-refractivity contribution in [2.24, 2.45) is 0 Å². The van der Waals surface area contributed by atoms with Crippen LogP contribution in [0, 0.1) is 10.1 Å². The molecule has 3 N–H and O–H groups in total. The minimum Gasteiger partial charge on any atom is -0.374 e. The van der Waals surface area contributed by atoms with Gasteiger partial charge in [-0.3, -0.25) is 19.7 Å².